The molecule has 0 bridgehead atoms. The lowest BCUT2D eigenvalue weighted by Gasteiger charge is -2.33. The first kappa shape index (κ1) is 9.43. The molecular formula is C8H15NO3S. The van der Waals surface area contributed by atoms with Crippen molar-refractivity contribution in [2.75, 3.05) is 18.1 Å². The van der Waals surface area contributed by atoms with Gasteiger partial charge in [0, 0.05) is 12.1 Å². The van der Waals surface area contributed by atoms with Gasteiger partial charge in [0.05, 0.1) is 17.6 Å². The number of nitrogens with one attached hydrogen (secondary N) is 1. The highest BCUT2D eigenvalue weighted by molar-refractivity contribution is 7.91. The summed E-state index contributed by atoms with van der Waals surface area (Å²) in [5, 5.41) is 12.6. The predicted octanol–water partition coefficient (Wildman–Crippen LogP) is -0.712. The summed E-state index contributed by atoms with van der Waals surface area (Å²) in [6.45, 7) is 0.611. The topological polar surface area (TPSA) is 66.4 Å². The molecule has 0 aromatic heterocycles. The Morgan fingerprint density at radius 3 is 2.38 bits per heavy atom. The molecule has 0 radical (unpaired) electrons. The molecule has 1 spiro atoms. The predicted molar refractivity (Wildman–Crippen MR) is 49.2 cm³/mol. The molecule has 1 atom stereocenters. The van der Waals surface area contributed by atoms with E-state index in [1.807, 2.05) is 0 Å². The number of hydrogen-bond acceptors (Lipinski definition) is 4. The Morgan fingerprint density at radius 2 is 1.92 bits per heavy atom. The molecule has 0 aromatic rings. The first-order valence-electron chi connectivity index (χ1n) is 4.65. The van der Waals surface area contributed by atoms with Gasteiger partial charge in [0.2, 0.25) is 0 Å². The summed E-state index contributed by atoms with van der Waals surface area (Å²) in [6, 6.07) is 0. The molecule has 2 saturated heterocycles. The average Bonchev–Trinajstić information content (AvgIpc) is 2.41. The van der Waals surface area contributed by atoms with E-state index >= 15 is 0 Å². The Hall–Kier alpha value is -0.130. The molecule has 76 valence electrons. The molecule has 13 heavy (non-hydrogen) atoms. The number of hydrogen-bond donors (Lipinski definition) is 2. The highest BCUT2D eigenvalue weighted by atomic mass is 32.2. The van der Waals surface area contributed by atoms with Gasteiger partial charge in [-0.3, -0.25) is 0 Å². The van der Waals surface area contributed by atoms with Gasteiger partial charge in [0.25, 0.3) is 0 Å². The van der Waals surface area contributed by atoms with Gasteiger partial charge >= 0.3 is 0 Å². The van der Waals surface area contributed by atoms with Crippen molar-refractivity contribution in [3.63, 3.8) is 0 Å². The van der Waals surface area contributed by atoms with E-state index in [9.17, 15) is 13.5 Å². The van der Waals surface area contributed by atoms with E-state index in [-0.39, 0.29) is 23.1 Å². The lowest BCUT2D eigenvalue weighted by molar-refractivity contribution is 0.181. The van der Waals surface area contributed by atoms with Gasteiger partial charge < -0.3 is 10.4 Å². The molecule has 0 saturated carbocycles. The maximum Gasteiger partial charge on any atom is 0.150 e. The Bertz CT molecular complexity index is 285. The molecule has 0 amide bonds. The van der Waals surface area contributed by atoms with E-state index in [1.54, 1.807) is 0 Å². The molecule has 2 fully saturated rings. The zero-order chi connectivity index (χ0) is 9.53. The molecule has 5 heteroatoms. The van der Waals surface area contributed by atoms with E-state index in [4.69, 9.17) is 0 Å². The summed E-state index contributed by atoms with van der Waals surface area (Å²) in [5.74, 6) is 0.541. The van der Waals surface area contributed by atoms with Gasteiger partial charge in [0.15, 0.2) is 0 Å². The second-order valence-corrected chi connectivity index (χ2v) is 6.47. The highest BCUT2D eigenvalue weighted by Gasteiger charge is 2.42. The van der Waals surface area contributed by atoms with Crippen molar-refractivity contribution in [2.45, 2.75) is 30.9 Å². The Balaban J connectivity index is 2.05. The number of aliphatic hydroxyl groups excluding tert-OH is 1. The molecule has 4 nitrogen and oxygen atoms in total. The zero-order valence-corrected chi connectivity index (χ0v) is 8.31. The average molecular weight is 205 g/mol. The molecule has 0 aromatic carbocycles. The van der Waals surface area contributed by atoms with Crippen LogP contribution in [0.15, 0.2) is 0 Å². The van der Waals surface area contributed by atoms with Crippen molar-refractivity contribution in [3.05, 3.63) is 0 Å². The summed E-state index contributed by atoms with van der Waals surface area (Å²) in [6.07, 6.45) is 1.74. The van der Waals surface area contributed by atoms with Gasteiger partial charge in [-0.1, -0.05) is 0 Å². The Kier molecular flexibility index (Phi) is 2.13. The van der Waals surface area contributed by atoms with Gasteiger partial charge in [-0.25, -0.2) is 8.42 Å². The van der Waals surface area contributed by atoms with Crippen LogP contribution in [0.4, 0.5) is 0 Å². The summed E-state index contributed by atoms with van der Waals surface area (Å²) < 4.78 is 22.4. The van der Waals surface area contributed by atoms with Crippen LogP contribution in [-0.4, -0.2) is 43.2 Å². The van der Waals surface area contributed by atoms with Crippen LogP contribution in [-0.2, 0) is 9.84 Å². The van der Waals surface area contributed by atoms with Crippen LogP contribution in [0, 0.1) is 0 Å². The largest absolute Gasteiger partial charge is 0.392 e. The fourth-order valence-corrected chi connectivity index (χ4v) is 3.85. The summed E-state index contributed by atoms with van der Waals surface area (Å²) in [7, 11) is -2.79. The van der Waals surface area contributed by atoms with Crippen LogP contribution >= 0.6 is 0 Å². The van der Waals surface area contributed by atoms with Crippen molar-refractivity contribution in [3.8, 4) is 0 Å². The van der Waals surface area contributed by atoms with Crippen LogP contribution in [0.5, 0.6) is 0 Å². The van der Waals surface area contributed by atoms with Crippen molar-refractivity contribution in [2.24, 2.45) is 0 Å². The van der Waals surface area contributed by atoms with Crippen LogP contribution in [0.1, 0.15) is 19.3 Å². The third-order valence-electron chi connectivity index (χ3n) is 3.12. The van der Waals surface area contributed by atoms with Crippen molar-refractivity contribution >= 4 is 9.84 Å². The molecule has 1 unspecified atom stereocenters. The normalized spacial score (nSPS) is 36.5. The van der Waals surface area contributed by atoms with Crippen LogP contribution in [0.3, 0.4) is 0 Å². The summed E-state index contributed by atoms with van der Waals surface area (Å²) in [4.78, 5) is 0. The minimum Gasteiger partial charge on any atom is -0.392 e. The second kappa shape index (κ2) is 2.93. The molecule has 2 aliphatic heterocycles. The molecular weight excluding hydrogens is 190 g/mol. The third kappa shape index (κ3) is 1.87. The van der Waals surface area contributed by atoms with E-state index in [1.165, 1.54) is 0 Å². The Labute approximate surface area is 78.3 Å². The molecule has 0 aliphatic carbocycles. The molecule has 2 heterocycles. The second-order valence-electron chi connectivity index (χ2n) is 4.17. The van der Waals surface area contributed by atoms with Gasteiger partial charge in [-0.15, -0.1) is 0 Å². The Morgan fingerprint density at radius 1 is 1.31 bits per heavy atom. The summed E-state index contributed by atoms with van der Waals surface area (Å²) in [5.41, 5.74) is -0.0786. The van der Waals surface area contributed by atoms with E-state index in [0.29, 0.717) is 25.8 Å². The first-order chi connectivity index (χ1) is 6.02. The smallest absolute Gasteiger partial charge is 0.150 e. The molecule has 2 aliphatic rings. The SMILES string of the molecule is O=S1(=O)CCC2(CC1)CC(O)CN2. The van der Waals surface area contributed by atoms with E-state index in [2.05, 4.69) is 5.32 Å². The quantitative estimate of drug-likeness (QED) is 0.548. The van der Waals surface area contributed by atoms with Crippen LogP contribution < -0.4 is 5.32 Å². The van der Waals surface area contributed by atoms with E-state index in [0.717, 1.165) is 0 Å². The fourth-order valence-electron chi connectivity index (χ4n) is 2.24. The van der Waals surface area contributed by atoms with Crippen molar-refractivity contribution in [1.82, 2.24) is 5.32 Å². The first-order valence-corrected chi connectivity index (χ1v) is 6.47. The molecule has 2 rings (SSSR count). The minimum absolute atomic E-state index is 0.0786. The van der Waals surface area contributed by atoms with Gasteiger partial charge in [-0.2, -0.15) is 0 Å². The minimum atomic E-state index is -2.79. The number of sulfone groups is 1. The number of aliphatic hydroxyl groups is 1. The third-order valence-corrected chi connectivity index (χ3v) is 4.77. The standard InChI is InChI=1S/C8H15NO3S/c10-7-5-8(9-6-7)1-3-13(11,12)4-2-8/h7,9-10H,1-6H2. The zero-order valence-electron chi connectivity index (χ0n) is 7.49. The maximum atomic E-state index is 11.2. The number of rotatable bonds is 0. The highest BCUT2D eigenvalue weighted by Crippen LogP contribution is 2.31. The van der Waals surface area contributed by atoms with Crippen molar-refractivity contribution < 1.29 is 13.5 Å². The van der Waals surface area contributed by atoms with Gasteiger partial charge in [-0.05, 0) is 19.3 Å². The summed E-state index contributed by atoms with van der Waals surface area (Å²) >= 11 is 0. The van der Waals surface area contributed by atoms with Crippen LogP contribution in [0.25, 0.3) is 0 Å². The van der Waals surface area contributed by atoms with E-state index < -0.39 is 9.84 Å². The lowest BCUT2D eigenvalue weighted by Crippen LogP contribution is -2.46. The maximum absolute atomic E-state index is 11.2. The molecule has 2 N–H and O–H groups in total. The fraction of sp³-hybridized carbons (Fsp3) is 1.00. The van der Waals surface area contributed by atoms with Crippen LogP contribution in [0.2, 0.25) is 0 Å². The number of β-amino-alcohol motifs (C(OH)–C–C–N with tert-alkyl or cyclic N) is 1. The van der Waals surface area contributed by atoms with Gasteiger partial charge in [0.1, 0.15) is 9.84 Å². The monoisotopic (exact) mass is 205 g/mol. The van der Waals surface area contributed by atoms with Crippen molar-refractivity contribution in [1.29, 1.82) is 0 Å². The lowest BCUT2D eigenvalue weighted by atomic mass is 9.90.